The fraction of sp³-hybridized carbons (Fsp3) is 0.900. The molecule has 1 rings (SSSR count). The van der Waals surface area contributed by atoms with E-state index in [1.165, 1.54) is 57.8 Å². The first-order valence-electron chi connectivity index (χ1n) is 19.9. The first kappa shape index (κ1) is 44.5. The van der Waals surface area contributed by atoms with Crippen LogP contribution in [0, 0.1) is 17.8 Å². The molecule has 1 saturated carbocycles. The predicted octanol–water partition coefficient (Wildman–Crippen LogP) is 8.36. The van der Waals surface area contributed by atoms with Gasteiger partial charge < -0.3 is 29.9 Å². The molecule has 1 unspecified atom stereocenters. The van der Waals surface area contributed by atoms with Crippen molar-refractivity contribution in [3.8, 4) is 0 Å². The van der Waals surface area contributed by atoms with Crippen molar-refractivity contribution < 1.29 is 39.5 Å². The lowest BCUT2D eigenvalue weighted by Crippen LogP contribution is -2.28. The Morgan fingerprint density at radius 1 is 0.750 bits per heavy atom. The zero-order valence-electron chi connectivity index (χ0n) is 31.0. The lowest BCUT2D eigenvalue weighted by Gasteiger charge is -2.21. The Labute approximate surface area is 293 Å². The Morgan fingerprint density at radius 2 is 1.31 bits per heavy atom. The molecule has 48 heavy (non-hydrogen) atoms. The molecule has 0 aromatic heterocycles. The summed E-state index contributed by atoms with van der Waals surface area (Å²) in [5.74, 6) is -0.0469. The van der Waals surface area contributed by atoms with Crippen molar-refractivity contribution in [1.29, 1.82) is 0 Å². The molecule has 0 bridgehead atoms. The van der Waals surface area contributed by atoms with Gasteiger partial charge in [-0.25, -0.2) is 0 Å². The maximum atomic E-state index is 12.2. The Morgan fingerprint density at radius 3 is 1.92 bits per heavy atom. The third-order valence-corrected chi connectivity index (χ3v) is 10.2. The van der Waals surface area contributed by atoms with Gasteiger partial charge in [-0.1, -0.05) is 142 Å². The van der Waals surface area contributed by atoms with Crippen molar-refractivity contribution in [2.45, 2.75) is 199 Å². The van der Waals surface area contributed by atoms with Crippen LogP contribution >= 0.6 is 0 Å². The summed E-state index contributed by atoms with van der Waals surface area (Å²) >= 11 is 0. The van der Waals surface area contributed by atoms with Gasteiger partial charge in [-0.3, -0.25) is 9.59 Å². The van der Waals surface area contributed by atoms with Gasteiger partial charge in [0, 0.05) is 25.2 Å². The van der Waals surface area contributed by atoms with Gasteiger partial charge in [-0.2, -0.15) is 0 Å². The molecule has 0 spiro atoms. The van der Waals surface area contributed by atoms with Crippen LogP contribution in [0.15, 0.2) is 12.2 Å². The van der Waals surface area contributed by atoms with E-state index in [0.29, 0.717) is 25.7 Å². The molecule has 8 nitrogen and oxygen atoms in total. The molecule has 1 fully saturated rings. The zero-order valence-corrected chi connectivity index (χ0v) is 31.0. The summed E-state index contributed by atoms with van der Waals surface area (Å²) in [5, 5.41) is 40.7. The van der Waals surface area contributed by atoms with E-state index in [4.69, 9.17) is 9.47 Å². The van der Waals surface area contributed by atoms with Crippen LogP contribution in [0.4, 0.5) is 0 Å². The van der Waals surface area contributed by atoms with Crippen molar-refractivity contribution in [2.24, 2.45) is 17.8 Å². The first-order valence-corrected chi connectivity index (χ1v) is 19.9. The van der Waals surface area contributed by atoms with E-state index >= 15 is 0 Å². The molecule has 1 aliphatic rings. The summed E-state index contributed by atoms with van der Waals surface area (Å²) in [6.07, 6.45) is 24.8. The number of aliphatic hydroxyl groups excluding tert-OH is 4. The van der Waals surface area contributed by atoms with Crippen LogP contribution in [0.5, 0.6) is 0 Å². The average molecular weight is 683 g/mol. The molecule has 0 aromatic rings. The molecule has 282 valence electrons. The van der Waals surface area contributed by atoms with Crippen LogP contribution in [0.25, 0.3) is 0 Å². The van der Waals surface area contributed by atoms with Gasteiger partial charge in [0.15, 0.2) is 6.10 Å². The highest BCUT2D eigenvalue weighted by molar-refractivity contribution is 5.70. The maximum Gasteiger partial charge on any atom is 0.306 e. The number of carbonyl (C=O) groups is 2. The first-order chi connectivity index (χ1) is 23.2. The molecule has 0 amide bonds. The quantitative estimate of drug-likeness (QED) is 0.0326. The second kappa shape index (κ2) is 29.3. The molecular weight excluding hydrogens is 608 g/mol. The number of aliphatic hydroxyl groups is 4. The van der Waals surface area contributed by atoms with Crippen LogP contribution in [0.2, 0.25) is 0 Å². The summed E-state index contributed by atoms with van der Waals surface area (Å²) in [6.45, 7) is 6.22. The molecule has 1 aliphatic carbocycles. The van der Waals surface area contributed by atoms with Gasteiger partial charge >= 0.3 is 11.9 Å². The van der Waals surface area contributed by atoms with Crippen LogP contribution in [0.1, 0.15) is 175 Å². The fourth-order valence-electron chi connectivity index (χ4n) is 6.74. The van der Waals surface area contributed by atoms with E-state index in [9.17, 15) is 30.0 Å². The van der Waals surface area contributed by atoms with Crippen LogP contribution in [-0.2, 0) is 19.1 Å². The normalized spacial score (nSPS) is 21.4. The van der Waals surface area contributed by atoms with Crippen molar-refractivity contribution in [2.75, 3.05) is 13.2 Å². The van der Waals surface area contributed by atoms with Gasteiger partial charge in [-0.05, 0) is 37.5 Å². The smallest absolute Gasteiger partial charge is 0.306 e. The molecule has 0 saturated heterocycles. The van der Waals surface area contributed by atoms with Crippen LogP contribution < -0.4 is 0 Å². The number of esters is 2. The number of unbranched alkanes of at least 4 members (excludes halogenated alkanes) is 14. The minimum atomic E-state index is -0.834. The van der Waals surface area contributed by atoms with Gasteiger partial charge in [0.2, 0.25) is 0 Å². The monoisotopic (exact) mass is 683 g/mol. The maximum absolute atomic E-state index is 12.2. The summed E-state index contributed by atoms with van der Waals surface area (Å²) in [7, 11) is 0. The lowest BCUT2D eigenvalue weighted by molar-refractivity contribution is -0.161. The Kier molecular flexibility index (Phi) is 27.2. The standard InChI is InChI=1S/C40H74O8/c1-4-6-17-23-33(42)27-28-36-35(37(43)29-38(36)44)24-19-15-16-20-25-39(45)47-31-34(30-41)48-40(46)26-21-14-12-10-8-7-9-11-13-18-22-32(3)5-2/h27-28,32-38,41-44H,4-26,29-31H2,1-3H3/b28-27+/t32?,33-,34-,35+,36+,37-,38+/m0/s1. The molecule has 0 aromatic carbocycles. The van der Waals surface area contributed by atoms with Gasteiger partial charge in [0.25, 0.3) is 0 Å². The molecule has 0 aliphatic heterocycles. The van der Waals surface area contributed by atoms with E-state index in [1.54, 1.807) is 6.08 Å². The molecule has 0 radical (unpaired) electrons. The molecular formula is C40H74O8. The predicted molar refractivity (Wildman–Crippen MR) is 193 cm³/mol. The highest BCUT2D eigenvalue weighted by Gasteiger charge is 2.39. The second-order valence-corrected chi connectivity index (χ2v) is 14.6. The van der Waals surface area contributed by atoms with E-state index in [0.717, 1.165) is 70.1 Å². The van der Waals surface area contributed by atoms with Crippen molar-refractivity contribution in [1.82, 2.24) is 0 Å². The topological polar surface area (TPSA) is 134 Å². The summed E-state index contributed by atoms with van der Waals surface area (Å²) in [4.78, 5) is 24.4. The van der Waals surface area contributed by atoms with E-state index in [-0.39, 0.29) is 43.4 Å². The molecule has 4 N–H and O–H groups in total. The van der Waals surface area contributed by atoms with Crippen molar-refractivity contribution in [3.05, 3.63) is 12.2 Å². The Hall–Kier alpha value is -1.48. The third-order valence-electron chi connectivity index (χ3n) is 10.2. The number of rotatable bonds is 31. The van der Waals surface area contributed by atoms with Crippen LogP contribution in [-0.4, -0.2) is 70.0 Å². The zero-order chi connectivity index (χ0) is 35.4. The summed E-state index contributed by atoms with van der Waals surface area (Å²) in [5.41, 5.74) is 0. The molecule has 7 atom stereocenters. The van der Waals surface area contributed by atoms with E-state index in [2.05, 4.69) is 20.8 Å². The largest absolute Gasteiger partial charge is 0.462 e. The SMILES string of the molecule is CCCCC[C@H](O)/C=C/[C@@H]1[C@@H](CCCCCCC(=O)OC[C@H](CO)OC(=O)CCCCCCCCCCCCC(C)CC)[C@@H](O)C[C@H]1O. The highest BCUT2D eigenvalue weighted by Crippen LogP contribution is 2.37. The van der Waals surface area contributed by atoms with Crippen LogP contribution in [0.3, 0.4) is 0 Å². The van der Waals surface area contributed by atoms with Gasteiger partial charge in [-0.15, -0.1) is 0 Å². The highest BCUT2D eigenvalue weighted by atomic mass is 16.6. The molecule has 0 heterocycles. The summed E-state index contributed by atoms with van der Waals surface area (Å²) < 4.78 is 10.6. The Balaban J connectivity index is 2.09. The minimum Gasteiger partial charge on any atom is -0.462 e. The van der Waals surface area contributed by atoms with E-state index < -0.39 is 24.4 Å². The average Bonchev–Trinajstić information content (AvgIpc) is 3.34. The Bertz CT molecular complexity index is 817. The number of ether oxygens (including phenoxy) is 2. The minimum absolute atomic E-state index is 0.0315. The number of carbonyl (C=O) groups excluding carboxylic acids is 2. The van der Waals surface area contributed by atoms with Crippen molar-refractivity contribution in [3.63, 3.8) is 0 Å². The fourth-order valence-corrected chi connectivity index (χ4v) is 6.74. The van der Waals surface area contributed by atoms with Gasteiger partial charge in [0.05, 0.1) is 24.9 Å². The summed E-state index contributed by atoms with van der Waals surface area (Å²) in [6, 6.07) is 0. The lowest BCUT2D eigenvalue weighted by atomic mass is 9.88. The van der Waals surface area contributed by atoms with E-state index in [1.807, 2.05) is 6.08 Å². The molecule has 8 heteroatoms. The number of hydrogen-bond acceptors (Lipinski definition) is 8. The second-order valence-electron chi connectivity index (χ2n) is 14.6. The third kappa shape index (κ3) is 22.3. The van der Waals surface area contributed by atoms with Crippen molar-refractivity contribution >= 4 is 11.9 Å². The number of hydrogen-bond donors (Lipinski definition) is 4. The van der Waals surface area contributed by atoms with Gasteiger partial charge in [0.1, 0.15) is 6.61 Å².